The molecule has 1 saturated carbocycles. The zero-order valence-electron chi connectivity index (χ0n) is 16.8. The van der Waals surface area contributed by atoms with Gasteiger partial charge in [-0.2, -0.15) is 0 Å². The molecule has 0 aliphatic heterocycles. The van der Waals surface area contributed by atoms with Crippen molar-refractivity contribution in [3.63, 3.8) is 0 Å². The van der Waals surface area contributed by atoms with E-state index in [-0.39, 0.29) is 11.3 Å². The van der Waals surface area contributed by atoms with Gasteiger partial charge in [0, 0.05) is 10.3 Å². The number of carboxylic acids is 1. The molecule has 1 aromatic rings. The number of rotatable bonds is 3. The average molecular weight is 407 g/mol. The van der Waals surface area contributed by atoms with E-state index in [0.29, 0.717) is 24.3 Å². The largest absolute Gasteiger partial charge is 0.481 e. The van der Waals surface area contributed by atoms with Crippen LogP contribution in [-0.4, -0.2) is 22.9 Å². The van der Waals surface area contributed by atoms with Gasteiger partial charge in [-0.1, -0.05) is 33.6 Å². The first-order valence-corrected chi connectivity index (χ1v) is 11.0. The molecule has 28 heavy (non-hydrogen) atoms. The first-order chi connectivity index (χ1) is 13.2. The van der Waals surface area contributed by atoms with Crippen LogP contribution in [0.1, 0.15) is 73.7 Å². The number of carbonyl (C=O) groups is 3. The fourth-order valence-corrected chi connectivity index (χ4v) is 5.62. The summed E-state index contributed by atoms with van der Waals surface area (Å²) in [7, 11) is 0. The second-order valence-electron chi connectivity index (χ2n) is 9.14. The van der Waals surface area contributed by atoms with Crippen LogP contribution < -0.4 is 10.9 Å². The summed E-state index contributed by atoms with van der Waals surface area (Å²) in [6, 6.07) is 0. The molecule has 0 aromatic carbocycles. The smallest absolute Gasteiger partial charge is 0.307 e. The molecule has 3 atom stereocenters. The second kappa shape index (κ2) is 8.23. The van der Waals surface area contributed by atoms with E-state index in [1.807, 2.05) is 5.38 Å². The average Bonchev–Trinajstić information content (AvgIpc) is 3.08. The highest BCUT2D eigenvalue weighted by Crippen LogP contribution is 2.40. The van der Waals surface area contributed by atoms with Crippen molar-refractivity contribution < 1.29 is 19.5 Å². The summed E-state index contributed by atoms with van der Waals surface area (Å²) < 4.78 is 0. The van der Waals surface area contributed by atoms with Gasteiger partial charge in [0.25, 0.3) is 5.91 Å². The number of carboxylic acid groups (broad SMARTS) is 1. The van der Waals surface area contributed by atoms with Gasteiger partial charge >= 0.3 is 5.97 Å². The van der Waals surface area contributed by atoms with Crippen molar-refractivity contribution in [2.24, 2.45) is 23.2 Å². The zero-order valence-corrected chi connectivity index (χ0v) is 17.7. The van der Waals surface area contributed by atoms with Crippen LogP contribution in [0.2, 0.25) is 0 Å². The maximum atomic E-state index is 12.6. The molecule has 6 nitrogen and oxygen atoms in total. The number of amides is 2. The Bertz CT molecular complexity index is 765. The van der Waals surface area contributed by atoms with Crippen molar-refractivity contribution in [3.05, 3.63) is 21.4 Å². The Morgan fingerprint density at radius 2 is 1.75 bits per heavy atom. The summed E-state index contributed by atoms with van der Waals surface area (Å²) in [4.78, 5) is 37.7. The van der Waals surface area contributed by atoms with Gasteiger partial charge in [-0.3, -0.25) is 25.2 Å². The molecule has 1 aromatic heterocycles. The Hall–Kier alpha value is -1.89. The van der Waals surface area contributed by atoms with Gasteiger partial charge in [0.05, 0.1) is 17.4 Å². The van der Waals surface area contributed by atoms with Crippen LogP contribution in [0.15, 0.2) is 5.38 Å². The van der Waals surface area contributed by atoms with Gasteiger partial charge < -0.3 is 5.11 Å². The molecule has 3 N–H and O–H groups in total. The minimum absolute atomic E-state index is 0.249. The van der Waals surface area contributed by atoms with Crippen LogP contribution in [0.4, 0.5) is 0 Å². The van der Waals surface area contributed by atoms with Crippen molar-refractivity contribution in [1.82, 2.24) is 10.9 Å². The molecule has 2 amide bonds. The Kier molecular flexibility index (Phi) is 6.12. The number of aliphatic carboxylic acids is 1. The lowest BCUT2D eigenvalue weighted by Crippen LogP contribution is -2.48. The molecule has 0 spiro atoms. The fraction of sp³-hybridized carbons (Fsp3) is 0.667. The number of thiophene rings is 1. The third kappa shape index (κ3) is 4.40. The van der Waals surface area contributed by atoms with E-state index in [1.165, 1.54) is 4.88 Å². The molecular weight excluding hydrogens is 376 g/mol. The predicted molar refractivity (Wildman–Crippen MR) is 108 cm³/mol. The molecule has 2 aliphatic rings. The van der Waals surface area contributed by atoms with Crippen LogP contribution in [0.5, 0.6) is 0 Å². The molecular formula is C21H30N2O4S. The second-order valence-corrected chi connectivity index (χ2v) is 10.1. The lowest BCUT2D eigenvalue weighted by Gasteiger charge is -2.34. The van der Waals surface area contributed by atoms with Crippen molar-refractivity contribution >= 4 is 29.1 Å². The summed E-state index contributed by atoms with van der Waals surface area (Å²) in [5.41, 5.74) is 6.95. The Balaban J connectivity index is 1.61. The van der Waals surface area contributed by atoms with Gasteiger partial charge in [-0.05, 0) is 49.0 Å². The van der Waals surface area contributed by atoms with Crippen LogP contribution in [0, 0.1) is 23.2 Å². The molecule has 0 radical (unpaired) electrons. The molecule has 2 aliphatic carbocycles. The first-order valence-electron chi connectivity index (χ1n) is 10.1. The van der Waals surface area contributed by atoms with Crippen LogP contribution in [0.3, 0.4) is 0 Å². The lowest BCUT2D eigenvalue weighted by molar-refractivity contribution is -0.149. The number of fused-ring (bicyclic) bond motifs is 1. The van der Waals surface area contributed by atoms with Crippen molar-refractivity contribution in [1.29, 1.82) is 0 Å². The van der Waals surface area contributed by atoms with Crippen LogP contribution in [0.25, 0.3) is 0 Å². The van der Waals surface area contributed by atoms with Gasteiger partial charge in [-0.25, -0.2) is 0 Å². The van der Waals surface area contributed by atoms with E-state index in [2.05, 4.69) is 31.6 Å². The topological polar surface area (TPSA) is 95.5 Å². The predicted octanol–water partition coefficient (Wildman–Crippen LogP) is 3.55. The molecule has 7 heteroatoms. The van der Waals surface area contributed by atoms with E-state index in [0.717, 1.165) is 37.7 Å². The summed E-state index contributed by atoms with van der Waals surface area (Å²) >= 11 is 1.62. The fourth-order valence-electron chi connectivity index (χ4n) is 4.46. The maximum absolute atomic E-state index is 12.6. The van der Waals surface area contributed by atoms with Crippen molar-refractivity contribution in [3.8, 4) is 0 Å². The van der Waals surface area contributed by atoms with Gasteiger partial charge in [0.15, 0.2) is 0 Å². The summed E-state index contributed by atoms with van der Waals surface area (Å²) in [5, 5.41) is 11.2. The quantitative estimate of drug-likeness (QED) is 0.669. The van der Waals surface area contributed by atoms with Crippen molar-refractivity contribution in [2.45, 2.75) is 65.7 Å². The highest BCUT2D eigenvalue weighted by molar-refractivity contribution is 7.10. The van der Waals surface area contributed by atoms with Gasteiger partial charge in [0.2, 0.25) is 5.91 Å². The number of nitrogens with one attached hydrogen (secondary N) is 2. The van der Waals surface area contributed by atoms with E-state index in [1.54, 1.807) is 11.3 Å². The van der Waals surface area contributed by atoms with Gasteiger partial charge in [-0.15, -0.1) is 11.3 Å². The SMILES string of the molecule is CC(C)(C)[C@@H]1CCc2c(C(=O)NNC(=O)[C@@H]3CCCC[C@@H]3C(=O)O)csc2C1. The molecule has 1 fully saturated rings. The summed E-state index contributed by atoms with van der Waals surface area (Å²) in [5.74, 6) is -2.32. The zero-order chi connectivity index (χ0) is 20.5. The van der Waals surface area contributed by atoms with E-state index >= 15 is 0 Å². The summed E-state index contributed by atoms with van der Waals surface area (Å²) in [6.45, 7) is 6.78. The third-order valence-electron chi connectivity index (χ3n) is 6.34. The third-order valence-corrected chi connectivity index (χ3v) is 7.40. The molecule has 154 valence electrons. The van der Waals surface area contributed by atoms with Crippen LogP contribution in [-0.2, 0) is 22.4 Å². The maximum Gasteiger partial charge on any atom is 0.307 e. The highest BCUT2D eigenvalue weighted by atomic mass is 32.1. The Labute approximate surface area is 170 Å². The molecule has 1 heterocycles. The number of carbonyl (C=O) groups excluding carboxylic acids is 2. The highest BCUT2D eigenvalue weighted by Gasteiger charge is 2.36. The minimum atomic E-state index is -0.938. The van der Waals surface area contributed by atoms with Crippen molar-refractivity contribution in [2.75, 3.05) is 0 Å². The monoisotopic (exact) mass is 406 g/mol. The lowest BCUT2D eigenvalue weighted by atomic mass is 9.72. The molecule has 0 saturated heterocycles. The van der Waals surface area contributed by atoms with Gasteiger partial charge in [0.1, 0.15) is 0 Å². The standard InChI is InChI=1S/C21H30N2O4S/c1-21(2,3)12-8-9-13-16(11-28-17(13)10-12)19(25)23-22-18(24)14-6-4-5-7-15(14)20(26)27/h11-12,14-15H,4-10H2,1-3H3,(H,22,24)(H,23,25)(H,26,27)/t12-,14-,15+/m1/s1. The van der Waals surface area contributed by atoms with Crippen LogP contribution >= 0.6 is 11.3 Å². The number of hydrogen-bond donors (Lipinski definition) is 3. The normalized spacial score (nSPS) is 24.9. The molecule has 3 rings (SSSR count). The van der Waals surface area contributed by atoms with E-state index < -0.39 is 23.7 Å². The minimum Gasteiger partial charge on any atom is -0.481 e. The van der Waals surface area contributed by atoms with E-state index in [4.69, 9.17) is 0 Å². The Morgan fingerprint density at radius 3 is 2.39 bits per heavy atom. The Morgan fingerprint density at radius 1 is 1.07 bits per heavy atom. The van der Waals surface area contributed by atoms with E-state index in [9.17, 15) is 19.5 Å². The molecule has 0 bridgehead atoms. The number of hydrazine groups is 1. The molecule has 0 unspecified atom stereocenters. The summed E-state index contributed by atoms with van der Waals surface area (Å²) in [6.07, 6.45) is 5.64. The first kappa shape index (κ1) is 20.8. The number of hydrogen-bond acceptors (Lipinski definition) is 4.